The summed E-state index contributed by atoms with van der Waals surface area (Å²) in [4.78, 5) is 24.2. The van der Waals surface area contributed by atoms with Crippen molar-refractivity contribution < 1.29 is 14.3 Å². The molecular weight excluding hydrogens is 352 g/mol. The minimum absolute atomic E-state index is 0.315. The van der Waals surface area contributed by atoms with Crippen molar-refractivity contribution in [3.63, 3.8) is 0 Å². The molecule has 0 aliphatic rings. The van der Waals surface area contributed by atoms with Gasteiger partial charge in [-0.05, 0) is 44.9 Å². The Morgan fingerprint density at radius 1 is 1.19 bits per heavy atom. The maximum absolute atomic E-state index is 12.4. The van der Waals surface area contributed by atoms with Crippen LogP contribution in [0.5, 0.6) is 0 Å². The molecule has 0 atom stereocenters. The highest BCUT2D eigenvalue weighted by Crippen LogP contribution is 2.20. The van der Waals surface area contributed by atoms with E-state index < -0.39 is 11.7 Å². The molecule has 1 heterocycles. The van der Waals surface area contributed by atoms with Gasteiger partial charge in [-0.1, -0.05) is 31.3 Å². The normalized spacial score (nSPS) is 11.3. The van der Waals surface area contributed by atoms with Gasteiger partial charge in [-0.2, -0.15) is 0 Å². The minimum Gasteiger partial charge on any atom is -0.444 e. The van der Waals surface area contributed by atoms with Crippen LogP contribution >= 0.6 is 11.3 Å². The molecule has 1 aromatic carbocycles. The Hall–Kier alpha value is -2.48. The summed E-state index contributed by atoms with van der Waals surface area (Å²) in [7, 11) is 0. The molecule has 0 radical (unpaired) electrons. The average Bonchev–Trinajstić information content (AvgIpc) is 2.91. The molecule has 7 nitrogen and oxygen atoms in total. The van der Waals surface area contributed by atoms with Crippen LogP contribution in [0.15, 0.2) is 24.3 Å². The summed E-state index contributed by atoms with van der Waals surface area (Å²) >= 11 is 1.36. The van der Waals surface area contributed by atoms with Crippen LogP contribution in [-0.4, -0.2) is 27.8 Å². The molecule has 0 saturated heterocycles. The molecule has 0 fully saturated rings. The molecule has 0 spiro atoms. The van der Waals surface area contributed by atoms with Gasteiger partial charge in [-0.25, -0.2) is 4.79 Å². The lowest BCUT2D eigenvalue weighted by Gasteiger charge is -2.19. The van der Waals surface area contributed by atoms with E-state index in [2.05, 4.69) is 34.7 Å². The van der Waals surface area contributed by atoms with Crippen LogP contribution in [0, 0.1) is 5.92 Å². The lowest BCUT2D eigenvalue weighted by atomic mass is 10.1. The van der Waals surface area contributed by atoms with E-state index in [0.29, 0.717) is 22.3 Å². The van der Waals surface area contributed by atoms with Crippen molar-refractivity contribution in [1.82, 2.24) is 10.2 Å². The molecule has 26 heavy (non-hydrogen) atoms. The first-order valence-electron chi connectivity index (χ1n) is 8.36. The third-order valence-electron chi connectivity index (χ3n) is 3.04. The van der Waals surface area contributed by atoms with Crippen LogP contribution < -0.4 is 10.6 Å². The van der Waals surface area contributed by atoms with E-state index in [4.69, 9.17) is 4.74 Å². The van der Waals surface area contributed by atoms with Crippen LogP contribution in [0.4, 0.5) is 15.6 Å². The Morgan fingerprint density at radius 2 is 1.92 bits per heavy atom. The van der Waals surface area contributed by atoms with Crippen molar-refractivity contribution in [3.8, 4) is 0 Å². The standard InChI is InChI=1S/C18H24N4O3S/c1-11(2)9-14-21-22-16(26-14)20-15(23)12-7-6-8-13(10-12)19-17(24)25-18(3,4)5/h6-8,10-11H,9H2,1-5H3,(H,19,24)(H,20,22,23). The van der Waals surface area contributed by atoms with E-state index in [0.717, 1.165) is 11.4 Å². The molecule has 8 heteroatoms. The zero-order chi connectivity index (χ0) is 19.3. The summed E-state index contributed by atoms with van der Waals surface area (Å²) in [5, 5.41) is 14.8. The molecule has 0 saturated carbocycles. The number of benzene rings is 1. The number of ether oxygens (including phenoxy) is 1. The van der Waals surface area contributed by atoms with Gasteiger partial charge in [-0.3, -0.25) is 15.4 Å². The first-order chi connectivity index (χ1) is 12.1. The predicted octanol–water partition coefficient (Wildman–Crippen LogP) is 4.34. The molecule has 2 aromatic rings. The second kappa shape index (κ2) is 8.27. The van der Waals surface area contributed by atoms with Gasteiger partial charge >= 0.3 is 6.09 Å². The number of anilines is 2. The molecule has 0 aliphatic heterocycles. The molecule has 0 aliphatic carbocycles. The summed E-state index contributed by atoms with van der Waals surface area (Å²) < 4.78 is 5.20. The molecule has 1 aromatic heterocycles. The van der Waals surface area contributed by atoms with E-state index in [1.165, 1.54) is 11.3 Å². The van der Waals surface area contributed by atoms with Crippen molar-refractivity contribution in [2.24, 2.45) is 5.92 Å². The Labute approximate surface area is 157 Å². The van der Waals surface area contributed by atoms with Gasteiger partial charge in [0.1, 0.15) is 10.6 Å². The van der Waals surface area contributed by atoms with E-state index in [9.17, 15) is 9.59 Å². The molecule has 0 bridgehead atoms. The number of hydrogen-bond donors (Lipinski definition) is 2. The first kappa shape index (κ1) is 19.8. The Balaban J connectivity index is 2.01. The first-order valence-corrected chi connectivity index (χ1v) is 9.18. The summed E-state index contributed by atoms with van der Waals surface area (Å²) in [6.07, 6.45) is 0.251. The Kier molecular flexibility index (Phi) is 6.31. The number of rotatable bonds is 5. The third kappa shape index (κ3) is 6.44. The van der Waals surface area contributed by atoms with Crippen LogP contribution in [0.1, 0.15) is 50.0 Å². The number of carbonyl (C=O) groups excluding carboxylic acids is 2. The van der Waals surface area contributed by atoms with Crippen molar-refractivity contribution in [2.45, 2.75) is 46.6 Å². The van der Waals surface area contributed by atoms with Gasteiger partial charge < -0.3 is 4.74 Å². The summed E-state index contributed by atoms with van der Waals surface area (Å²) in [5.41, 5.74) is 0.286. The van der Waals surface area contributed by atoms with Crippen LogP contribution in [0.3, 0.4) is 0 Å². The highest BCUT2D eigenvalue weighted by atomic mass is 32.1. The minimum atomic E-state index is -0.593. The quantitative estimate of drug-likeness (QED) is 0.810. The molecule has 2 N–H and O–H groups in total. The van der Waals surface area contributed by atoms with Gasteiger partial charge in [0.05, 0.1) is 0 Å². The Morgan fingerprint density at radius 3 is 2.58 bits per heavy atom. The molecular formula is C18H24N4O3S. The molecule has 0 unspecified atom stereocenters. The van der Waals surface area contributed by atoms with Crippen molar-refractivity contribution in [1.29, 1.82) is 0 Å². The maximum Gasteiger partial charge on any atom is 0.412 e. The highest BCUT2D eigenvalue weighted by molar-refractivity contribution is 7.15. The van der Waals surface area contributed by atoms with E-state index >= 15 is 0 Å². The monoisotopic (exact) mass is 376 g/mol. The largest absolute Gasteiger partial charge is 0.444 e. The molecule has 2 rings (SSSR count). The number of carbonyl (C=O) groups is 2. The van der Waals surface area contributed by atoms with Gasteiger partial charge in [0.15, 0.2) is 0 Å². The average molecular weight is 376 g/mol. The summed E-state index contributed by atoms with van der Waals surface area (Å²) in [6.45, 7) is 9.55. The van der Waals surface area contributed by atoms with E-state index in [1.54, 1.807) is 45.0 Å². The second-order valence-electron chi connectivity index (χ2n) is 7.26. The van der Waals surface area contributed by atoms with Crippen LogP contribution in [0.2, 0.25) is 0 Å². The fourth-order valence-corrected chi connectivity index (χ4v) is 3.01. The smallest absolute Gasteiger partial charge is 0.412 e. The zero-order valence-electron chi connectivity index (χ0n) is 15.6. The fraction of sp³-hybridized carbons (Fsp3) is 0.444. The maximum atomic E-state index is 12.4. The van der Waals surface area contributed by atoms with Crippen molar-refractivity contribution in [3.05, 3.63) is 34.8 Å². The second-order valence-corrected chi connectivity index (χ2v) is 8.32. The lowest BCUT2D eigenvalue weighted by Crippen LogP contribution is -2.27. The number of hydrogen-bond acceptors (Lipinski definition) is 6. The van der Waals surface area contributed by atoms with E-state index in [-0.39, 0.29) is 5.91 Å². The van der Waals surface area contributed by atoms with Crippen molar-refractivity contribution in [2.75, 3.05) is 10.6 Å². The topological polar surface area (TPSA) is 93.2 Å². The van der Waals surface area contributed by atoms with Gasteiger partial charge in [0.25, 0.3) is 5.91 Å². The Bertz CT molecular complexity index is 781. The predicted molar refractivity (Wildman–Crippen MR) is 103 cm³/mol. The SMILES string of the molecule is CC(C)Cc1nnc(NC(=O)c2cccc(NC(=O)OC(C)(C)C)c2)s1. The number of nitrogens with one attached hydrogen (secondary N) is 2. The third-order valence-corrected chi connectivity index (χ3v) is 3.90. The zero-order valence-corrected chi connectivity index (χ0v) is 16.4. The van der Waals surface area contributed by atoms with Gasteiger partial charge in [-0.15, -0.1) is 10.2 Å². The summed E-state index contributed by atoms with van der Waals surface area (Å²) in [5.74, 6) is 0.159. The fourth-order valence-electron chi connectivity index (χ4n) is 2.06. The van der Waals surface area contributed by atoms with Crippen LogP contribution in [0.25, 0.3) is 0 Å². The highest BCUT2D eigenvalue weighted by Gasteiger charge is 2.17. The number of amides is 2. The van der Waals surface area contributed by atoms with Crippen LogP contribution in [-0.2, 0) is 11.2 Å². The van der Waals surface area contributed by atoms with Crippen molar-refractivity contribution >= 4 is 34.2 Å². The lowest BCUT2D eigenvalue weighted by molar-refractivity contribution is 0.0635. The molecule has 2 amide bonds. The number of aromatic nitrogens is 2. The van der Waals surface area contributed by atoms with Gasteiger partial charge in [0.2, 0.25) is 5.13 Å². The molecule has 140 valence electrons. The van der Waals surface area contributed by atoms with E-state index in [1.807, 2.05) is 0 Å². The van der Waals surface area contributed by atoms with Gasteiger partial charge in [0, 0.05) is 17.7 Å². The number of nitrogens with zero attached hydrogens (tertiary/aromatic N) is 2. The summed E-state index contributed by atoms with van der Waals surface area (Å²) in [6, 6.07) is 6.61.